The second-order valence-corrected chi connectivity index (χ2v) is 3.77. The van der Waals surface area contributed by atoms with Crippen molar-refractivity contribution < 1.29 is 4.74 Å². The van der Waals surface area contributed by atoms with E-state index in [9.17, 15) is 0 Å². The van der Waals surface area contributed by atoms with Crippen LogP contribution < -0.4 is 5.32 Å². The van der Waals surface area contributed by atoms with Gasteiger partial charge in [0.15, 0.2) is 0 Å². The minimum absolute atomic E-state index is 0.592. The third kappa shape index (κ3) is 1.63. The van der Waals surface area contributed by atoms with Crippen molar-refractivity contribution in [2.75, 3.05) is 26.3 Å². The van der Waals surface area contributed by atoms with Crippen LogP contribution in [0, 0.1) is 0 Å². The number of ether oxygens (including phenoxy) is 1. The van der Waals surface area contributed by atoms with Crippen LogP contribution in [0.1, 0.15) is 19.8 Å². The van der Waals surface area contributed by atoms with E-state index in [1.807, 2.05) is 0 Å². The van der Waals surface area contributed by atoms with Crippen LogP contribution in [0.3, 0.4) is 0 Å². The molecule has 12 heavy (non-hydrogen) atoms. The molecule has 0 bridgehead atoms. The van der Waals surface area contributed by atoms with Crippen LogP contribution in [-0.2, 0) is 4.74 Å². The molecule has 2 fully saturated rings. The summed E-state index contributed by atoms with van der Waals surface area (Å²) in [6.07, 6.45) is 3.27. The topological polar surface area (TPSA) is 24.5 Å². The number of hydrogen-bond acceptors (Lipinski definition) is 3. The Morgan fingerprint density at radius 1 is 1.50 bits per heavy atom. The molecule has 3 heteroatoms. The molecule has 3 nitrogen and oxygen atoms in total. The van der Waals surface area contributed by atoms with Crippen LogP contribution in [0.15, 0.2) is 0 Å². The lowest BCUT2D eigenvalue weighted by molar-refractivity contribution is -0.0250. The largest absolute Gasteiger partial charge is 0.379 e. The van der Waals surface area contributed by atoms with E-state index in [1.54, 1.807) is 0 Å². The summed E-state index contributed by atoms with van der Waals surface area (Å²) < 4.78 is 5.40. The zero-order chi connectivity index (χ0) is 8.39. The molecule has 2 rings (SSSR count). The fourth-order valence-electron chi connectivity index (χ4n) is 2.15. The van der Waals surface area contributed by atoms with Gasteiger partial charge < -0.3 is 10.1 Å². The van der Waals surface area contributed by atoms with Crippen molar-refractivity contribution in [1.82, 2.24) is 10.2 Å². The molecule has 0 saturated carbocycles. The quantitative estimate of drug-likeness (QED) is 0.617. The van der Waals surface area contributed by atoms with Crippen LogP contribution in [0.2, 0.25) is 0 Å². The summed E-state index contributed by atoms with van der Waals surface area (Å²) >= 11 is 0. The number of nitrogens with one attached hydrogen (secondary N) is 1. The first-order valence-corrected chi connectivity index (χ1v) is 4.95. The number of nitrogens with zero attached hydrogens (tertiary/aromatic N) is 1. The predicted octanol–water partition coefficient (Wildman–Crippen LogP) is 0.417. The fourth-order valence-corrected chi connectivity index (χ4v) is 2.15. The SMILES string of the molecule is CC1COCCN1C1CCCN1. The van der Waals surface area contributed by atoms with E-state index in [2.05, 4.69) is 17.1 Å². The van der Waals surface area contributed by atoms with E-state index >= 15 is 0 Å². The van der Waals surface area contributed by atoms with Crippen molar-refractivity contribution in [1.29, 1.82) is 0 Å². The minimum Gasteiger partial charge on any atom is -0.379 e. The first-order chi connectivity index (χ1) is 5.88. The van der Waals surface area contributed by atoms with Gasteiger partial charge in [0.25, 0.3) is 0 Å². The van der Waals surface area contributed by atoms with Gasteiger partial charge in [-0.15, -0.1) is 0 Å². The van der Waals surface area contributed by atoms with Crippen molar-refractivity contribution in [3.8, 4) is 0 Å². The van der Waals surface area contributed by atoms with Gasteiger partial charge in [0.2, 0.25) is 0 Å². The second-order valence-electron chi connectivity index (χ2n) is 3.77. The molecule has 2 heterocycles. The Morgan fingerprint density at radius 3 is 3.08 bits per heavy atom. The summed E-state index contributed by atoms with van der Waals surface area (Å²) in [5.41, 5.74) is 0. The van der Waals surface area contributed by atoms with E-state index in [-0.39, 0.29) is 0 Å². The molecule has 0 aliphatic carbocycles. The first kappa shape index (κ1) is 8.48. The lowest BCUT2D eigenvalue weighted by atomic mass is 10.2. The highest BCUT2D eigenvalue weighted by atomic mass is 16.5. The highest BCUT2D eigenvalue weighted by molar-refractivity contribution is 4.81. The maximum absolute atomic E-state index is 5.40. The zero-order valence-corrected chi connectivity index (χ0v) is 7.75. The smallest absolute Gasteiger partial charge is 0.0620 e. The molecule has 0 spiro atoms. The molecule has 2 aliphatic rings. The molecule has 0 amide bonds. The summed E-state index contributed by atoms with van der Waals surface area (Å²) in [6.45, 7) is 6.34. The van der Waals surface area contributed by atoms with Crippen molar-refractivity contribution in [3.05, 3.63) is 0 Å². The number of rotatable bonds is 1. The average Bonchev–Trinajstić information content (AvgIpc) is 2.57. The summed E-state index contributed by atoms with van der Waals surface area (Å²) in [7, 11) is 0. The molecular formula is C9H18N2O. The van der Waals surface area contributed by atoms with Crippen molar-refractivity contribution >= 4 is 0 Å². The van der Waals surface area contributed by atoms with Gasteiger partial charge in [-0.1, -0.05) is 0 Å². The Morgan fingerprint density at radius 2 is 2.42 bits per heavy atom. The second kappa shape index (κ2) is 3.73. The van der Waals surface area contributed by atoms with Gasteiger partial charge in [-0.05, 0) is 26.3 Å². The van der Waals surface area contributed by atoms with Crippen molar-refractivity contribution in [3.63, 3.8) is 0 Å². The molecule has 2 atom stereocenters. The summed E-state index contributed by atoms with van der Waals surface area (Å²) in [5, 5.41) is 3.53. The standard InChI is InChI=1S/C9H18N2O/c1-8-7-12-6-5-11(8)9-3-2-4-10-9/h8-10H,2-7H2,1H3. The predicted molar refractivity (Wildman–Crippen MR) is 48.0 cm³/mol. The van der Waals surface area contributed by atoms with Crippen molar-refractivity contribution in [2.24, 2.45) is 0 Å². The summed E-state index contributed by atoms with van der Waals surface area (Å²) in [4.78, 5) is 2.54. The van der Waals surface area contributed by atoms with Gasteiger partial charge in [-0.25, -0.2) is 0 Å². The van der Waals surface area contributed by atoms with Crippen molar-refractivity contribution in [2.45, 2.75) is 32.0 Å². The molecule has 2 aliphatic heterocycles. The van der Waals surface area contributed by atoms with Crippen LogP contribution >= 0.6 is 0 Å². The summed E-state index contributed by atoms with van der Waals surface area (Å²) in [6, 6.07) is 0.592. The highest BCUT2D eigenvalue weighted by Crippen LogP contribution is 2.15. The zero-order valence-electron chi connectivity index (χ0n) is 7.75. The van der Waals surface area contributed by atoms with E-state index in [1.165, 1.54) is 19.4 Å². The third-order valence-corrected chi connectivity index (χ3v) is 2.85. The molecule has 2 unspecified atom stereocenters. The fraction of sp³-hybridized carbons (Fsp3) is 1.00. The van der Waals surface area contributed by atoms with Crippen LogP contribution in [0.5, 0.6) is 0 Å². The number of morpholine rings is 1. The Balaban J connectivity index is 1.91. The lowest BCUT2D eigenvalue weighted by Gasteiger charge is -2.37. The van der Waals surface area contributed by atoms with Gasteiger partial charge in [0, 0.05) is 12.6 Å². The van der Waals surface area contributed by atoms with Gasteiger partial charge in [-0.3, -0.25) is 4.90 Å². The van der Waals surface area contributed by atoms with E-state index in [0.29, 0.717) is 12.2 Å². The maximum Gasteiger partial charge on any atom is 0.0620 e. The van der Waals surface area contributed by atoms with E-state index < -0.39 is 0 Å². The Labute approximate surface area is 74.1 Å². The monoisotopic (exact) mass is 170 g/mol. The average molecular weight is 170 g/mol. The van der Waals surface area contributed by atoms with Crippen LogP contribution in [0.4, 0.5) is 0 Å². The Kier molecular flexibility index (Phi) is 2.63. The Bertz CT molecular complexity index is 145. The third-order valence-electron chi connectivity index (χ3n) is 2.85. The van der Waals surface area contributed by atoms with E-state index in [0.717, 1.165) is 19.8 Å². The molecule has 2 saturated heterocycles. The maximum atomic E-state index is 5.40. The molecule has 0 aromatic carbocycles. The Hall–Kier alpha value is -0.120. The normalized spacial score (nSPS) is 38.8. The molecule has 0 aromatic heterocycles. The summed E-state index contributed by atoms with van der Waals surface area (Å²) in [5.74, 6) is 0. The minimum atomic E-state index is 0.592. The van der Waals surface area contributed by atoms with E-state index in [4.69, 9.17) is 4.74 Å². The van der Waals surface area contributed by atoms with Gasteiger partial charge >= 0.3 is 0 Å². The molecular weight excluding hydrogens is 152 g/mol. The number of hydrogen-bond donors (Lipinski definition) is 1. The van der Waals surface area contributed by atoms with Crippen LogP contribution in [0.25, 0.3) is 0 Å². The molecule has 70 valence electrons. The molecule has 1 N–H and O–H groups in total. The lowest BCUT2D eigenvalue weighted by Crippen LogP contribution is -2.52. The molecule has 0 radical (unpaired) electrons. The highest BCUT2D eigenvalue weighted by Gasteiger charge is 2.27. The van der Waals surface area contributed by atoms with Gasteiger partial charge in [0.1, 0.15) is 0 Å². The van der Waals surface area contributed by atoms with Crippen LogP contribution in [-0.4, -0.2) is 43.4 Å². The first-order valence-electron chi connectivity index (χ1n) is 4.95. The van der Waals surface area contributed by atoms with Gasteiger partial charge in [-0.2, -0.15) is 0 Å². The molecule has 0 aromatic rings. The van der Waals surface area contributed by atoms with Gasteiger partial charge in [0.05, 0.1) is 19.4 Å².